The number of hydrogen-bond donors (Lipinski definition) is 0. The lowest BCUT2D eigenvalue weighted by molar-refractivity contribution is -0.274. The molecule has 2 nitrogen and oxygen atoms in total. The first-order valence-corrected chi connectivity index (χ1v) is 3.70. The Labute approximate surface area is 76.9 Å². The van der Waals surface area contributed by atoms with Gasteiger partial charge >= 0.3 is 6.36 Å². The van der Waals surface area contributed by atoms with E-state index in [1.165, 1.54) is 24.3 Å². The molecule has 0 N–H and O–H groups in total. The molecule has 73 valence electrons. The lowest BCUT2D eigenvalue weighted by Gasteiger charge is -2.07. The van der Waals surface area contributed by atoms with Crippen LogP contribution in [0.4, 0.5) is 13.2 Å². The SMILES string of the molecule is FC(F)(F)Oc1ccc2c[c]oc2c1. The fraction of sp³-hybridized carbons (Fsp3) is 0.111. The van der Waals surface area contributed by atoms with Crippen LogP contribution in [-0.2, 0) is 0 Å². The highest BCUT2D eigenvalue weighted by atomic mass is 19.4. The molecule has 1 aromatic carbocycles. The van der Waals surface area contributed by atoms with E-state index in [1.807, 2.05) is 0 Å². The van der Waals surface area contributed by atoms with E-state index in [9.17, 15) is 13.2 Å². The fourth-order valence-corrected chi connectivity index (χ4v) is 1.08. The van der Waals surface area contributed by atoms with Crippen LogP contribution in [0.1, 0.15) is 0 Å². The summed E-state index contributed by atoms with van der Waals surface area (Å²) >= 11 is 0. The molecule has 0 fully saturated rings. The van der Waals surface area contributed by atoms with E-state index in [2.05, 4.69) is 11.0 Å². The predicted molar refractivity (Wildman–Crippen MR) is 41.7 cm³/mol. The molecule has 0 bridgehead atoms. The normalized spacial score (nSPS) is 11.9. The van der Waals surface area contributed by atoms with Crippen LogP contribution < -0.4 is 4.74 Å². The number of halogens is 3. The van der Waals surface area contributed by atoms with Gasteiger partial charge in [0.2, 0.25) is 0 Å². The van der Waals surface area contributed by atoms with Crippen molar-refractivity contribution in [1.29, 1.82) is 0 Å². The molecule has 0 aliphatic carbocycles. The van der Waals surface area contributed by atoms with Gasteiger partial charge in [-0.15, -0.1) is 13.2 Å². The van der Waals surface area contributed by atoms with Gasteiger partial charge in [0, 0.05) is 11.5 Å². The van der Waals surface area contributed by atoms with E-state index in [4.69, 9.17) is 4.42 Å². The van der Waals surface area contributed by atoms with Crippen molar-refractivity contribution in [1.82, 2.24) is 0 Å². The summed E-state index contributed by atoms with van der Waals surface area (Å²) in [5.41, 5.74) is 0.312. The summed E-state index contributed by atoms with van der Waals surface area (Å²) in [6.07, 6.45) is -2.26. The molecule has 1 heterocycles. The van der Waals surface area contributed by atoms with Crippen molar-refractivity contribution in [3.8, 4) is 5.75 Å². The van der Waals surface area contributed by atoms with E-state index in [0.717, 1.165) is 0 Å². The minimum Gasteiger partial charge on any atom is -0.453 e. The lowest BCUT2D eigenvalue weighted by atomic mass is 10.2. The highest BCUT2D eigenvalue weighted by Crippen LogP contribution is 2.26. The van der Waals surface area contributed by atoms with Crippen LogP contribution in [0.5, 0.6) is 5.75 Å². The van der Waals surface area contributed by atoms with Gasteiger partial charge in [-0.25, -0.2) is 0 Å². The monoisotopic (exact) mass is 201 g/mol. The summed E-state index contributed by atoms with van der Waals surface area (Å²) in [6, 6.07) is 5.39. The van der Waals surface area contributed by atoms with Crippen LogP contribution in [0.15, 0.2) is 28.7 Å². The molecule has 1 aromatic heterocycles. The van der Waals surface area contributed by atoms with E-state index >= 15 is 0 Å². The van der Waals surface area contributed by atoms with Gasteiger partial charge < -0.3 is 9.15 Å². The molecule has 0 aliphatic heterocycles. The number of alkyl halides is 3. The average Bonchev–Trinajstić information content (AvgIpc) is 2.47. The zero-order valence-corrected chi connectivity index (χ0v) is 6.76. The molecule has 5 heteroatoms. The van der Waals surface area contributed by atoms with Crippen molar-refractivity contribution >= 4 is 11.0 Å². The first-order chi connectivity index (χ1) is 6.54. The second-order valence-corrected chi connectivity index (χ2v) is 2.61. The van der Waals surface area contributed by atoms with Gasteiger partial charge in [-0.3, -0.25) is 0 Å². The topological polar surface area (TPSA) is 22.4 Å². The van der Waals surface area contributed by atoms with Gasteiger partial charge in [0.05, 0.1) is 0 Å². The minimum absolute atomic E-state index is 0.298. The van der Waals surface area contributed by atoms with Crippen LogP contribution in [0.3, 0.4) is 0 Å². The van der Waals surface area contributed by atoms with Gasteiger partial charge in [-0.1, -0.05) is 0 Å². The maximum absolute atomic E-state index is 11.8. The van der Waals surface area contributed by atoms with Gasteiger partial charge in [0.25, 0.3) is 0 Å². The van der Waals surface area contributed by atoms with Crippen LogP contribution >= 0.6 is 0 Å². The van der Waals surface area contributed by atoms with Crippen molar-refractivity contribution < 1.29 is 22.3 Å². The number of benzene rings is 1. The third-order valence-corrected chi connectivity index (χ3v) is 1.60. The molecule has 0 saturated heterocycles. The van der Waals surface area contributed by atoms with E-state index in [1.54, 1.807) is 0 Å². The first-order valence-electron chi connectivity index (χ1n) is 3.70. The van der Waals surface area contributed by atoms with Gasteiger partial charge in [-0.05, 0) is 18.2 Å². The Bertz CT molecular complexity index is 444. The molecule has 0 aliphatic rings. The zero-order chi connectivity index (χ0) is 10.2. The molecule has 0 spiro atoms. The lowest BCUT2D eigenvalue weighted by Crippen LogP contribution is -2.16. The summed E-state index contributed by atoms with van der Waals surface area (Å²) in [5, 5.41) is 0.680. The zero-order valence-electron chi connectivity index (χ0n) is 6.76. The molecule has 0 amide bonds. The van der Waals surface area contributed by atoms with Crippen molar-refractivity contribution in [2.45, 2.75) is 6.36 Å². The Kier molecular flexibility index (Phi) is 1.87. The number of rotatable bonds is 1. The molecular weight excluding hydrogens is 197 g/mol. The Morgan fingerprint density at radius 1 is 1.29 bits per heavy atom. The van der Waals surface area contributed by atoms with Crippen LogP contribution in [-0.4, -0.2) is 6.36 Å². The smallest absolute Gasteiger partial charge is 0.453 e. The molecule has 0 unspecified atom stereocenters. The standard InChI is InChI=1S/C9H4F3O2/c10-9(11,12)14-7-2-1-6-3-4-13-8(6)5-7/h1-3,5H. The van der Waals surface area contributed by atoms with Crippen molar-refractivity contribution in [3.05, 3.63) is 30.5 Å². The number of fused-ring (bicyclic) bond motifs is 1. The molecule has 2 rings (SSSR count). The summed E-state index contributed by atoms with van der Waals surface area (Å²) in [6.45, 7) is 0. The highest BCUT2D eigenvalue weighted by Gasteiger charge is 2.31. The molecule has 14 heavy (non-hydrogen) atoms. The van der Waals surface area contributed by atoms with E-state index in [0.29, 0.717) is 11.0 Å². The summed E-state index contributed by atoms with van der Waals surface area (Å²) in [7, 11) is 0. The first kappa shape index (κ1) is 8.93. The van der Waals surface area contributed by atoms with E-state index < -0.39 is 6.36 Å². The van der Waals surface area contributed by atoms with Gasteiger partial charge in [0.15, 0.2) is 6.26 Å². The molecule has 1 radical (unpaired) electrons. The van der Waals surface area contributed by atoms with Crippen molar-refractivity contribution in [2.24, 2.45) is 0 Å². The number of hydrogen-bond acceptors (Lipinski definition) is 2. The van der Waals surface area contributed by atoms with Crippen LogP contribution in [0.25, 0.3) is 11.0 Å². The molecule has 0 saturated carbocycles. The maximum atomic E-state index is 11.8. The Morgan fingerprint density at radius 2 is 2.07 bits per heavy atom. The largest absolute Gasteiger partial charge is 0.573 e. The second-order valence-electron chi connectivity index (χ2n) is 2.61. The molecule has 2 aromatic rings. The predicted octanol–water partition coefficient (Wildman–Crippen LogP) is 3.13. The molecular formula is C9H4F3O2. The van der Waals surface area contributed by atoms with Crippen molar-refractivity contribution in [3.63, 3.8) is 0 Å². The third-order valence-electron chi connectivity index (χ3n) is 1.60. The van der Waals surface area contributed by atoms with Crippen LogP contribution in [0, 0.1) is 6.26 Å². The third kappa shape index (κ3) is 1.81. The van der Waals surface area contributed by atoms with Gasteiger partial charge in [0.1, 0.15) is 11.3 Å². The summed E-state index contributed by atoms with van der Waals surface area (Å²) < 4.78 is 43.9. The Hall–Kier alpha value is -1.65. The average molecular weight is 201 g/mol. The van der Waals surface area contributed by atoms with E-state index in [-0.39, 0.29) is 5.75 Å². The maximum Gasteiger partial charge on any atom is 0.573 e. The Morgan fingerprint density at radius 3 is 2.79 bits per heavy atom. The fourth-order valence-electron chi connectivity index (χ4n) is 1.08. The quantitative estimate of drug-likeness (QED) is 0.707. The number of ether oxygens (including phenoxy) is 1. The van der Waals surface area contributed by atoms with Crippen molar-refractivity contribution in [2.75, 3.05) is 0 Å². The number of furan rings is 1. The van der Waals surface area contributed by atoms with Crippen LogP contribution in [0.2, 0.25) is 0 Å². The highest BCUT2D eigenvalue weighted by molar-refractivity contribution is 5.78. The minimum atomic E-state index is -4.68. The Balaban J connectivity index is 2.35. The summed E-state index contributed by atoms with van der Waals surface area (Å²) in [4.78, 5) is 0. The summed E-state index contributed by atoms with van der Waals surface area (Å²) in [5.74, 6) is -0.298. The molecule has 0 atom stereocenters. The second kappa shape index (κ2) is 2.94. The van der Waals surface area contributed by atoms with Gasteiger partial charge in [-0.2, -0.15) is 0 Å².